The number of benzene rings is 1. The Kier molecular flexibility index (Phi) is 6.98. The molecule has 1 aromatic carbocycles. The molecule has 0 amide bonds. The molecule has 6 fully saturated rings. The van der Waals surface area contributed by atoms with E-state index in [0.29, 0.717) is 17.3 Å². The minimum atomic E-state index is 0.0958. The van der Waals surface area contributed by atoms with Gasteiger partial charge < -0.3 is 10.6 Å². The molecule has 5 atom stereocenters. The number of hydrogen-bond donors (Lipinski definition) is 2. The maximum Gasteiger partial charge on any atom is 0.0205 e. The lowest BCUT2D eigenvalue weighted by atomic mass is 9.42. The molecule has 200 valence electrons. The highest BCUT2D eigenvalue weighted by atomic mass is 31.0. The zero-order valence-corrected chi connectivity index (χ0v) is 25.6. The Morgan fingerprint density at radius 3 is 1.64 bits per heavy atom. The van der Waals surface area contributed by atoms with Crippen molar-refractivity contribution in [1.29, 1.82) is 0 Å². The second-order valence-electron chi connectivity index (χ2n) is 14.8. The van der Waals surface area contributed by atoms with Crippen molar-refractivity contribution in [3.05, 3.63) is 35.4 Å². The summed E-state index contributed by atoms with van der Waals surface area (Å²) in [7, 11) is 7.19. The third-order valence-corrected chi connectivity index (χ3v) is 14.9. The topological polar surface area (TPSA) is 24.1 Å². The number of nitrogens with one attached hydrogen (secondary N) is 2. The molecular formula is C32H52N2P2. The van der Waals surface area contributed by atoms with Crippen molar-refractivity contribution < 1.29 is 0 Å². The lowest BCUT2D eigenvalue weighted by Gasteiger charge is -2.67. The van der Waals surface area contributed by atoms with Gasteiger partial charge in [0.25, 0.3) is 0 Å². The van der Waals surface area contributed by atoms with Crippen molar-refractivity contribution in [2.24, 2.45) is 40.4 Å². The normalized spacial score (nSPS) is 40.0. The molecule has 7 rings (SSSR count). The van der Waals surface area contributed by atoms with Gasteiger partial charge in [0, 0.05) is 10.3 Å². The summed E-state index contributed by atoms with van der Waals surface area (Å²) < 4.78 is 0. The van der Waals surface area contributed by atoms with E-state index in [1.54, 1.807) is 11.1 Å². The SMILES string of the molecule is CC(C)(C)C(P)(c1ccccc1C(P)(C1CCCNC1)C1CCCNC1)C12CC3CC(CC(C3)C1)C2. The molecule has 2 N–H and O–H groups in total. The minimum Gasteiger partial charge on any atom is -0.316 e. The molecule has 4 aliphatic carbocycles. The smallest absolute Gasteiger partial charge is 0.0205 e. The van der Waals surface area contributed by atoms with Crippen LogP contribution in [0.1, 0.15) is 96.1 Å². The molecule has 2 nitrogen and oxygen atoms in total. The molecule has 6 aliphatic rings. The molecule has 2 heterocycles. The van der Waals surface area contributed by atoms with Gasteiger partial charge in [-0.1, -0.05) is 45.0 Å². The fourth-order valence-corrected chi connectivity index (χ4v) is 12.0. The summed E-state index contributed by atoms with van der Waals surface area (Å²) in [5.74, 6) is 4.25. The second-order valence-corrected chi connectivity index (χ2v) is 16.6. The van der Waals surface area contributed by atoms with Crippen LogP contribution >= 0.6 is 18.5 Å². The zero-order chi connectivity index (χ0) is 25.2. The Hall–Kier alpha value is -0.0000000000000000416. The van der Waals surface area contributed by atoms with E-state index in [0.717, 1.165) is 30.8 Å². The highest BCUT2D eigenvalue weighted by Crippen LogP contribution is 2.73. The van der Waals surface area contributed by atoms with Crippen LogP contribution in [0, 0.1) is 40.4 Å². The molecule has 0 radical (unpaired) electrons. The Balaban J connectivity index is 1.52. The van der Waals surface area contributed by atoms with Crippen molar-refractivity contribution in [2.45, 2.75) is 95.3 Å². The van der Waals surface area contributed by atoms with Crippen molar-refractivity contribution in [3.8, 4) is 0 Å². The van der Waals surface area contributed by atoms with E-state index < -0.39 is 0 Å². The standard InChI is InChI=1S/C32H52N2P2/c1-29(2,3)32(36,30-17-22-14-23(18-30)16-24(15-22)19-30)28-11-5-4-10-27(28)31(35,25-8-6-12-33-20-25)26-9-7-13-34-21-26/h4-5,10-11,22-26,33-34H,6-9,12-21,35-36H2,1-3H3. The predicted octanol–water partition coefficient (Wildman–Crippen LogP) is 7.09. The third kappa shape index (κ3) is 4.02. The molecule has 0 aromatic heterocycles. The molecule has 1 aromatic rings. The second kappa shape index (κ2) is 9.58. The van der Waals surface area contributed by atoms with E-state index in [9.17, 15) is 0 Å². The molecule has 4 heteroatoms. The highest BCUT2D eigenvalue weighted by molar-refractivity contribution is 7.19. The molecule has 0 spiro atoms. The maximum absolute atomic E-state index is 3.81. The van der Waals surface area contributed by atoms with Crippen LogP contribution in [0.2, 0.25) is 0 Å². The highest BCUT2D eigenvalue weighted by Gasteiger charge is 2.63. The van der Waals surface area contributed by atoms with Gasteiger partial charge in [-0.25, -0.2) is 0 Å². The third-order valence-electron chi connectivity index (χ3n) is 11.8. The summed E-state index contributed by atoms with van der Waals surface area (Å²) in [6, 6.07) is 9.87. The van der Waals surface area contributed by atoms with Gasteiger partial charge in [0.1, 0.15) is 0 Å². The van der Waals surface area contributed by atoms with Crippen molar-refractivity contribution in [2.75, 3.05) is 26.2 Å². The van der Waals surface area contributed by atoms with E-state index in [1.165, 1.54) is 77.3 Å². The Labute approximate surface area is 226 Å². The fraction of sp³-hybridized carbons (Fsp3) is 0.812. The largest absolute Gasteiger partial charge is 0.316 e. The maximum atomic E-state index is 3.81. The summed E-state index contributed by atoms with van der Waals surface area (Å²) in [5, 5.41) is 7.83. The first-order valence-electron chi connectivity index (χ1n) is 15.3. The average Bonchev–Trinajstić information content (AvgIpc) is 2.87. The number of rotatable bonds is 5. The van der Waals surface area contributed by atoms with E-state index in [-0.39, 0.29) is 15.7 Å². The zero-order valence-electron chi connectivity index (χ0n) is 23.3. The minimum absolute atomic E-state index is 0.0958. The van der Waals surface area contributed by atoms with Crippen LogP contribution < -0.4 is 10.6 Å². The summed E-state index contributed by atoms with van der Waals surface area (Å²) in [6.45, 7) is 12.4. The quantitative estimate of drug-likeness (QED) is 0.400. The number of hydrogen-bond acceptors (Lipinski definition) is 2. The van der Waals surface area contributed by atoms with Gasteiger partial charge in [-0.2, -0.15) is 0 Å². The van der Waals surface area contributed by atoms with Gasteiger partial charge >= 0.3 is 0 Å². The van der Waals surface area contributed by atoms with Crippen LogP contribution in [0.4, 0.5) is 0 Å². The van der Waals surface area contributed by atoms with Crippen molar-refractivity contribution in [3.63, 3.8) is 0 Å². The van der Waals surface area contributed by atoms with E-state index in [1.807, 2.05) is 0 Å². The van der Waals surface area contributed by atoms with Crippen LogP contribution in [0.25, 0.3) is 0 Å². The van der Waals surface area contributed by atoms with Crippen molar-refractivity contribution in [1.82, 2.24) is 10.6 Å². The Bertz CT molecular complexity index is 886. The van der Waals surface area contributed by atoms with Gasteiger partial charge in [-0.15, -0.1) is 18.5 Å². The van der Waals surface area contributed by atoms with E-state index in [4.69, 9.17) is 0 Å². The lowest BCUT2D eigenvalue weighted by Crippen LogP contribution is -2.59. The van der Waals surface area contributed by atoms with Gasteiger partial charge in [0.2, 0.25) is 0 Å². The molecule has 4 bridgehead atoms. The molecule has 2 aliphatic heterocycles. The molecular weight excluding hydrogens is 474 g/mol. The van der Waals surface area contributed by atoms with E-state index >= 15 is 0 Å². The van der Waals surface area contributed by atoms with Crippen LogP contribution in [0.15, 0.2) is 24.3 Å². The number of piperidine rings is 2. The van der Waals surface area contributed by atoms with Crippen LogP contribution in [0.5, 0.6) is 0 Å². The molecule has 2 saturated heterocycles. The van der Waals surface area contributed by atoms with Crippen molar-refractivity contribution >= 4 is 18.5 Å². The van der Waals surface area contributed by atoms with Crippen LogP contribution in [-0.4, -0.2) is 26.2 Å². The predicted molar refractivity (Wildman–Crippen MR) is 160 cm³/mol. The van der Waals surface area contributed by atoms with Gasteiger partial charge in [0.15, 0.2) is 0 Å². The molecule has 4 saturated carbocycles. The van der Waals surface area contributed by atoms with Crippen LogP contribution in [0.3, 0.4) is 0 Å². The van der Waals surface area contributed by atoms with Crippen LogP contribution in [-0.2, 0) is 10.3 Å². The Morgan fingerprint density at radius 1 is 0.750 bits per heavy atom. The first-order valence-corrected chi connectivity index (χ1v) is 16.4. The lowest BCUT2D eigenvalue weighted by molar-refractivity contribution is -0.101. The van der Waals surface area contributed by atoms with E-state index in [2.05, 4.69) is 74.1 Å². The van der Waals surface area contributed by atoms with Gasteiger partial charge in [0.05, 0.1) is 0 Å². The summed E-state index contributed by atoms with van der Waals surface area (Å²) in [6.07, 6.45) is 14.2. The summed E-state index contributed by atoms with van der Waals surface area (Å²) in [4.78, 5) is 0. The summed E-state index contributed by atoms with van der Waals surface area (Å²) in [5.41, 5.74) is 3.94. The molecule has 5 unspecified atom stereocenters. The Morgan fingerprint density at radius 2 is 1.22 bits per heavy atom. The van der Waals surface area contributed by atoms with Gasteiger partial charge in [-0.05, 0) is 142 Å². The summed E-state index contributed by atoms with van der Waals surface area (Å²) >= 11 is 0. The average molecular weight is 527 g/mol. The fourth-order valence-electron chi connectivity index (χ4n) is 10.6. The first kappa shape index (κ1) is 26.2. The van der Waals surface area contributed by atoms with Gasteiger partial charge in [-0.3, -0.25) is 0 Å². The molecule has 36 heavy (non-hydrogen) atoms. The monoisotopic (exact) mass is 526 g/mol. The first-order chi connectivity index (χ1) is 17.2.